The number of para-hydroxylation sites is 1. The van der Waals surface area contributed by atoms with Gasteiger partial charge in [-0.15, -0.1) is 0 Å². The number of hydrogen-bond donors (Lipinski definition) is 3. The summed E-state index contributed by atoms with van der Waals surface area (Å²) >= 11 is 0. The number of carbonyl (C=O) groups excluding carboxylic acids is 1. The molecule has 0 spiro atoms. The molecule has 0 saturated heterocycles. The van der Waals surface area contributed by atoms with Crippen LogP contribution in [0.2, 0.25) is 0 Å². The Morgan fingerprint density at radius 3 is 1.81 bits per heavy atom. The zero-order valence-electron chi connectivity index (χ0n) is 20.8. The van der Waals surface area contributed by atoms with Crippen LogP contribution in [0.25, 0.3) is 0 Å². The Hall–Kier alpha value is -3.35. The van der Waals surface area contributed by atoms with Crippen molar-refractivity contribution in [2.24, 2.45) is 0 Å². The first-order valence-electron chi connectivity index (χ1n) is 12.7. The van der Waals surface area contributed by atoms with Gasteiger partial charge in [0.15, 0.2) is 11.5 Å². The zero-order chi connectivity index (χ0) is 25.4. The van der Waals surface area contributed by atoms with Gasteiger partial charge in [0.25, 0.3) is 5.91 Å². The van der Waals surface area contributed by atoms with Gasteiger partial charge in [-0.2, -0.15) is 0 Å². The maximum atomic E-state index is 13.4. The number of unbranched alkanes of at least 4 members (excludes halogenated alkanes) is 2. The second-order valence-corrected chi connectivity index (χ2v) is 8.79. The average Bonchev–Trinajstić information content (AvgIpc) is 2.92. The van der Waals surface area contributed by atoms with E-state index in [4.69, 9.17) is 19.7 Å². The molecule has 192 valence electrons. The fourth-order valence-electron chi connectivity index (χ4n) is 3.98. The van der Waals surface area contributed by atoms with Crippen LogP contribution in [0.4, 0.5) is 0 Å². The van der Waals surface area contributed by atoms with E-state index in [1.54, 1.807) is 12.1 Å². The minimum atomic E-state index is -0.221. The smallest absolute Gasteiger partial charge is 0.255 e. The molecular formula is C30H37NO5. The van der Waals surface area contributed by atoms with Crippen LogP contribution < -0.4 is 14.8 Å². The molecule has 0 aromatic heterocycles. The molecule has 3 aromatic carbocycles. The lowest BCUT2D eigenvalue weighted by atomic mass is 10.0. The quantitative estimate of drug-likeness (QED) is 0.238. The van der Waals surface area contributed by atoms with E-state index in [-0.39, 0.29) is 25.2 Å². The largest absolute Gasteiger partial charge is 0.485 e. The fourth-order valence-corrected chi connectivity index (χ4v) is 3.98. The second kappa shape index (κ2) is 15.6. The molecule has 6 nitrogen and oxygen atoms in total. The lowest BCUT2D eigenvalue weighted by Crippen LogP contribution is -2.35. The maximum absolute atomic E-state index is 13.4. The van der Waals surface area contributed by atoms with Crippen molar-refractivity contribution in [3.05, 3.63) is 95.6 Å². The van der Waals surface area contributed by atoms with Crippen LogP contribution in [0, 0.1) is 0 Å². The lowest BCUT2D eigenvalue weighted by molar-refractivity contribution is 0.0925. The van der Waals surface area contributed by atoms with Gasteiger partial charge < -0.3 is 25.0 Å². The van der Waals surface area contributed by atoms with E-state index in [0.717, 1.165) is 36.8 Å². The Kier molecular flexibility index (Phi) is 11.8. The molecular weight excluding hydrogens is 454 g/mol. The third kappa shape index (κ3) is 9.02. The summed E-state index contributed by atoms with van der Waals surface area (Å²) in [7, 11) is 0. The molecule has 3 rings (SSSR count). The molecule has 0 aliphatic rings. The standard InChI is InChI=1S/C30H37NO5/c32-20-9-7-16-26(17-8-10-21-33)31-30(34)27-18-11-19-28(35-22-24-12-3-1-4-13-24)29(27)36-23-25-14-5-2-6-15-25/h1-6,11-15,18-19,26,32-33H,7-10,16-17,20-23H2,(H,31,34). The summed E-state index contributed by atoms with van der Waals surface area (Å²) in [6, 6.07) is 25.0. The third-order valence-corrected chi connectivity index (χ3v) is 5.94. The topological polar surface area (TPSA) is 88.0 Å². The van der Waals surface area contributed by atoms with Gasteiger partial charge in [-0.3, -0.25) is 4.79 Å². The maximum Gasteiger partial charge on any atom is 0.255 e. The van der Waals surface area contributed by atoms with Crippen molar-refractivity contribution < 1.29 is 24.5 Å². The number of hydrogen-bond acceptors (Lipinski definition) is 5. The number of nitrogens with one attached hydrogen (secondary N) is 1. The first-order chi connectivity index (χ1) is 17.7. The molecule has 0 unspecified atom stereocenters. The SMILES string of the molecule is O=C(NC(CCCCO)CCCCO)c1cccc(OCc2ccccc2)c1OCc1ccccc1. The number of benzene rings is 3. The molecule has 3 aromatic rings. The number of amides is 1. The molecule has 6 heteroatoms. The van der Waals surface area contributed by atoms with Gasteiger partial charge in [-0.05, 0) is 61.8 Å². The molecule has 3 N–H and O–H groups in total. The molecule has 0 aliphatic heterocycles. The summed E-state index contributed by atoms with van der Waals surface area (Å²) in [6.07, 6.45) is 4.56. The summed E-state index contributed by atoms with van der Waals surface area (Å²) in [5.41, 5.74) is 2.44. The molecule has 0 fully saturated rings. The minimum absolute atomic E-state index is 0.0496. The third-order valence-electron chi connectivity index (χ3n) is 5.94. The van der Waals surface area contributed by atoms with E-state index in [2.05, 4.69) is 5.32 Å². The summed E-state index contributed by atoms with van der Waals surface area (Å²) in [6.45, 7) is 0.937. The van der Waals surface area contributed by atoms with E-state index in [0.29, 0.717) is 43.1 Å². The average molecular weight is 492 g/mol. The zero-order valence-corrected chi connectivity index (χ0v) is 20.8. The van der Waals surface area contributed by atoms with Crippen molar-refractivity contribution in [3.8, 4) is 11.5 Å². The fraction of sp³-hybridized carbons (Fsp3) is 0.367. The predicted molar refractivity (Wildman–Crippen MR) is 141 cm³/mol. The highest BCUT2D eigenvalue weighted by atomic mass is 16.5. The number of ether oxygens (including phenoxy) is 2. The lowest BCUT2D eigenvalue weighted by Gasteiger charge is -2.21. The molecule has 0 bridgehead atoms. The van der Waals surface area contributed by atoms with Crippen molar-refractivity contribution in [3.63, 3.8) is 0 Å². The van der Waals surface area contributed by atoms with Gasteiger partial charge in [-0.25, -0.2) is 0 Å². The molecule has 0 saturated carbocycles. The van der Waals surface area contributed by atoms with Crippen LogP contribution in [-0.4, -0.2) is 35.4 Å². The Morgan fingerprint density at radius 1 is 0.694 bits per heavy atom. The monoisotopic (exact) mass is 491 g/mol. The molecule has 1 amide bonds. The summed E-state index contributed by atoms with van der Waals surface area (Å²) in [4.78, 5) is 13.4. The van der Waals surface area contributed by atoms with Crippen molar-refractivity contribution in [1.82, 2.24) is 5.32 Å². The highest BCUT2D eigenvalue weighted by molar-refractivity contribution is 5.98. The van der Waals surface area contributed by atoms with E-state index in [1.807, 2.05) is 66.7 Å². The summed E-state index contributed by atoms with van der Waals surface area (Å²) in [5, 5.41) is 21.5. The van der Waals surface area contributed by atoms with Gasteiger partial charge >= 0.3 is 0 Å². The normalized spacial score (nSPS) is 10.9. The van der Waals surface area contributed by atoms with Gasteiger partial charge in [0, 0.05) is 19.3 Å². The molecule has 36 heavy (non-hydrogen) atoms. The van der Waals surface area contributed by atoms with Crippen molar-refractivity contribution in [2.45, 2.75) is 57.8 Å². The second-order valence-electron chi connectivity index (χ2n) is 8.79. The number of aliphatic hydroxyl groups is 2. The first-order valence-corrected chi connectivity index (χ1v) is 12.7. The number of carbonyl (C=O) groups is 1. The van der Waals surface area contributed by atoms with E-state index < -0.39 is 0 Å². The van der Waals surface area contributed by atoms with Crippen molar-refractivity contribution in [2.75, 3.05) is 13.2 Å². The Morgan fingerprint density at radius 2 is 1.25 bits per heavy atom. The molecule has 0 radical (unpaired) electrons. The van der Waals surface area contributed by atoms with Crippen molar-refractivity contribution >= 4 is 5.91 Å². The van der Waals surface area contributed by atoms with Gasteiger partial charge in [0.1, 0.15) is 13.2 Å². The minimum Gasteiger partial charge on any atom is -0.485 e. The van der Waals surface area contributed by atoms with E-state index in [1.165, 1.54) is 0 Å². The van der Waals surface area contributed by atoms with Crippen LogP contribution in [-0.2, 0) is 13.2 Å². The van der Waals surface area contributed by atoms with Gasteiger partial charge in [0.2, 0.25) is 0 Å². The Bertz CT molecular complexity index is 1020. The highest BCUT2D eigenvalue weighted by Gasteiger charge is 2.21. The predicted octanol–water partition coefficient (Wildman–Crippen LogP) is 5.27. The van der Waals surface area contributed by atoms with Gasteiger partial charge in [0.05, 0.1) is 5.56 Å². The van der Waals surface area contributed by atoms with Crippen LogP contribution in [0.15, 0.2) is 78.9 Å². The van der Waals surface area contributed by atoms with Crippen LogP contribution >= 0.6 is 0 Å². The van der Waals surface area contributed by atoms with E-state index >= 15 is 0 Å². The molecule has 0 atom stereocenters. The van der Waals surface area contributed by atoms with Crippen LogP contribution in [0.1, 0.15) is 60.0 Å². The van der Waals surface area contributed by atoms with Crippen LogP contribution in [0.5, 0.6) is 11.5 Å². The Labute approximate surface area is 213 Å². The summed E-state index contributed by atoms with van der Waals surface area (Å²) in [5.74, 6) is 0.708. The Balaban J connectivity index is 1.79. The highest BCUT2D eigenvalue weighted by Crippen LogP contribution is 2.33. The van der Waals surface area contributed by atoms with Crippen molar-refractivity contribution in [1.29, 1.82) is 0 Å². The van der Waals surface area contributed by atoms with Crippen LogP contribution in [0.3, 0.4) is 0 Å². The molecule has 0 aliphatic carbocycles. The molecule has 0 heterocycles. The van der Waals surface area contributed by atoms with E-state index in [9.17, 15) is 4.79 Å². The number of rotatable bonds is 16. The first kappa shape index (κ1) is 27.2. The summed E-state index contributed by atoms with van der Waals surface area (Å²) < 4.78 is 12.3. The number of aliphatic hydroxyl groups excluding tert-OH is 2. The van der Waals surface area contributed by atoms with Gasteiger partial charge in [-0.1, -0.05) is 66.7 Å².